The minimum atomic E-state index is -0.448. The third-order valence-electron chi connectivity index (χ3n) is 4.73. The van der Waals surface area contributed by atoms with Crippen LogP contribution in [0.25, 0.3) is 0 Å². The topological polar surface area (TPSA) is 61.3 Å². The number of β-amino-alcohol motifs (C(OH)–C–C–N with tert-alkyl or cyclic N) is 1. The van der Waals surface area contributed by atoms with Crippen LogP contribution in [0.15, 0.2) is 36.7 Å². The number of aromatic nitrogens is 2. The number of hydrogen-bond donors (Lipinski definition) is 2. The van der Waals surface area contributed by atoms with Gasteiger partial charge in [0.2, 0.25) is 0 Å². The first-order valence-corrected chi connectivity index (χ1v) is 8.45. The van der Waals surface area contributed by atoms with E-state index in [1.54, 1.807) is 6.07 Å². The standard InChI is InChI=1S/C18H21FN4O/c19-14-3-1-2-13(6-14)16-7-15(24)10-23(16)18-8-17(21-11-22-18)20-9-12-4-5-12/h1-3,6,8,11-12,15-16,24H,4-5,7,9-10H2,(H,20,21,22). The molecule has 4 rings (SSSR count). The van der Waals surface area contributed by atoms with E-state index >= 15 is 0 Å². The lowest BCUT2D eigenvalue weighted by Gasteiger charge is -2.26. The number of anilines is 2. The minimum absolute atomic E-state index is 0.0816. The summed E-state index contributed by atoms with van der Waals surface area (Å²) < 4.78 is 13.6. The van der Waals surface area contributed by atoms with Crippen LogP contribution in [0.3, 0.4) is 0 Å². The molecule has 2 atom stereocenters. The summed E-state index contributed by atoms with van der Waals surface area (Å²) >= 11 is 0. The summed E-state index contributed by atoms with van der Waals surface area (Å²) in [5.41, 5.74) is 0.859. The largest absolute Gasteiger partial charge is 0.391 e. The van der Waals surface area contributed by atoms with Crippen molar-refractivity contribution in [1.29, 1.82) is 0 Å². The van der Waals surface area contributed by atoms with Crippen molar-refractivity contribution >= 4 is 11.6 Å². The summed E-state index contributed by atoms with van der Waals surface area (Å²) in [7, 11) is 0. The van der Waals surface area contributed by atoms with E-state index in [-0.39, 0.29) is 11.9 Å². The van der Waals surface area contributed by atoms with Crippen LogP contribution >= 0.6 is 0 Å². The second kappa shape index (κ2) is 6.36. The maximum absolute atomic E-state index is 13.6. The van der Waals surface area contributed by atoms with Crippen LogP contribution in [0.1, 0.15) is 30.9 Å². The number of nitrogens with zero attached hydrogens (tertiary/aromatic N) is 3. The lowest BCUT2D eigenvalue weighted by atomic mass is 10.0. The highest BCUT2D eigenvalue weighted by atomic mass is 19.1. The Morgan fingerprint density at radius 2 is 2.12 bits per heavy atom. The van der Waals surface area contributed by atoms with Crippen molar-refractivity contribution < 1.29 is 9.50 Å². The molecule has 0 amide bonds. The van der Waals surface area contributed by atoms with E-state index < -0.39 is 6.10 Å². The molecule has 1 aromatic heterocycles. The van der Waals surface area contributed by atoms with Gasteiger partial charge in [0, 0.05) is 19.2 Å². The van der Waals surface area contributed by atoms with Crippen LogP contribution in [-0.2, 0) is 0 Å². The predicted molar refractivity (Wildman–Crippen MR) is 90.4 cm³/mol. The van der Waals surface area contributed by atoms with Crippen molar-refractivity contribution in [1.82, 2.24) is 9.97 Å². The van der Waals surface area contributed by atoms with Crippen LogP contribution in [0.2, 0.25) is 0 Å². The normalized spacial score (nSPS) is 23.5. The highest BCUT2D eigenvalue weighted by molar-refractivity contribution is 5.51. The summed E-state index contributed by atoms with van der Waals surface area (Å²) in [5, 5.41) is 13.5. The first-order chi connectivity index (χ1) is 11.7. The molecule has 0 radical (unpaired) electrons. The Morgan fingerprint density at radius 1 is 1.25 bits per heavy atom. The average molecular weight is 328 g/mol. The maximum atomic E-state index is 13.6. The molecule has 2 heterocycles. The minimum Gasteiger partial charge on any atom is -0.391 e. The summed E-state index contributed by atoms with van der Waals surface area (Å²) in [6, 6.07) is 8.39. The van der Waals surface area contributed by atoms with Crippen molar-refractivity contribution in [2.45, 2.75) is 31.4 Å². The van der Waals surface area contributed by atoms with Gasteiger partial charge in [-0.25, -0.2) is 14.4 Å². The third kappa shape index (κ3) is 3.33. The second-order valence-corrected chi connectivity index (χ2v) is 6.70. The fraction of sp³-hybridized carbons (Fsp3) is 0.444. The zero-order valence-corrected chi connectivity index (χ0v) is 13.4. The van der Waals surface area contributed by atoms with E-state index in [1.165, 1.54) is 31.3 Å². The lowest BCUT2D eigenvalue weighted by Crippen LogP contribution is -2.25. The molecule has 1 saturated heterocycles. The zero-order valence-electron chi connectivity index (χ0n) is 13.4. The Labute approximate surface area is 140 Å². The fourth-order valence-corrected chi connectivity index (χ4v) is 3.27. The highest BCUT2D eigenvalue weighted by Gasteiger charge is 2.33. The number of aliphatic hydroxyl groups excluding tert-OH is 1. The van der Waals surface area contributed by atoms with E-state index in [4.69, 9.17) is 0 Å². The molecule has 1 saturated carbocycles. The van der Waals surface area contributed by atoms with Gasteiger partial charge in [-0.2, -0.15) is 0 Å². The highest BCUT2D eigenvalue weighted by Crippen LogP contribution is 2.36. The van der Waals surface area contributed by atoms with E-state index in [1.807, 2.05) is 17.0 Å². The monoisotopic (exact) mass is 328 g/mol. The number of aliphatic hydroxyl groups is 1. The van der Waals surface area contributed by atoms with Gasteiger partial charge in [-0.3, -0.25) is 0 Å². The zero-order chi connectivity index (χ0) is 16.5. The van der Waals surface area contributed by atoms with Gasteiger partial charge in [0.05, 0.1) is 12.1 Å². The Balaban J connectivity index is 1.57. The molecule has 1 aliphatic heterocycles. The van der Waals surface area contributed by atoms with Crippen LogP contribution in [0.4, 0.5) is 16.0 Å². The summed E-state index contributed by atoms with van der Waals surface area (Å²) in [6.45, 7) is 1.42. The molecule has 1 aromatic carbocycles. The van der Waals surface area contributed by atoms with Gasteiger partial charge in [-0.05, 0) is 42.9 Å². The number of halogens is 1. The molecule has 6 heteroatoms. The Kier molecular flexibility index (Phi) is 4.06. The lowest BCUT2D eigenvalue weighted by molar-refractivity contribution is 0.194. The van der Waals surface area contributed by atoms with Gasteiger partial charge in [0.25, 0.3) is 0 Å². The van der Waals surface area contributed by atoms with Crippen molar-refractivity contribution in [3.8, 4) is 0 Å². The van der Waals surface area contributed by atoms with Gasteiger partial charge in [0.15, 0.2) is 0 Å². The molecule has 24 heavy (non-hydrogen) atoms. The number of hydrogen-bond acceptors (Lipinski definition) is 5. The second-order valence-electron chi connectivity index (χ2n) is 6.70. The molecule has 2 fully saturated rings. The molecule has 0 spiro atoms. The Bertz CT molecular complexity index is 722. The van der Waals surface area contributed by atoms with Crippen LogP contribution < -0.4 is 10.2 Å². The van der Waals surface area contributed by atoms with E-state index in [2.05, 4.69) is 15.3 Å². The first kappa shape index (κ1) is 15.3. The van der Waals surface area contributed by atoms with Crippen molar-refractivity contribution in [2.24, 2.45) is 5.92 Å². The molecule has 5 nitrogen and oxygen atoms in total. The predicted octanol–water partition coefficient (Wildman–Crippen LogP) is 2.75. The average Bonchev–Trinajstić information content (AvgIpc) is 3.33. The Morgan fingerprint density at radius 3 is 2.92 bits per heavy atom. The molecular formula is C18H21FN4O. The first-order valence-electron chi connectivity index (χ1n) is 8.45. The molecule has 2 aromatic rings. The van der Waals surface area contributed by atoms with Gasteiger partial charge in [-0.15, -0.1) is 0 Å². The summed E-state index contributed by atoms with van der Waals surface area (Å²) in [6.07, 6.45) is 4.22. The van der Waals surface area contributed by atoms with Crippen LogP contribution in [0, 0.1) is 11.7 Å². The smallest absolute Gasteiger partial charge is 0.134 e. The molecular weight excluding hydrogens is 307 g/mol. The van der Waals surface area contributed by atoms with E-state index in [0.29, 0.717) is 13.0 Å². The van der Waals surface area contributed by atoms with Gasteiger partial charge in [0.1, 0.15) is 23.8 Å². The van der Waals surface area contributed by atoms with E-state index in [9.17, 15) is 9.50 Å². The Hall–Kier alpha value is -2.21. The molecule has 1 aliphatic carbocycles. The van der Waals surface area contributed by atoms with Gasteiger partial charge < -0.3 is 15.3 Å². The quantitative estimate of drug-likeness (QED) is 0.884. The summed E-state index contributed by atoms with van der Waals surface area (Å²) in [5.74, 6) is 2.06. The molecule has 0 bridgehead atoms. The van der Waals surface area contributed by atoms with Crippen LogP contribution in [0.5, 0.6) is 0 Å². The van der Waals surface area contributed by atoms with E-state index in [0.717, 1.165) is 29.7 Å². The maximum Gasteiger partial charge on any atom is 0.134 e. The van der Waals surface area contributed by atoms with Crippen LogP contribution in [-0.4, -0.2) is 34.3 Å². The van der Waals surface area contributed by atoms with Crippen molar-refractivity contribution in [3.05, 3.63) is 48.0 Å². The number of rotatable bonds is 5. The molecule has 2 aliphatic rings. The number of benzene rings is 1. The molecule has 2 N–H and O–H groups in total. The van der Waals surface area contributed by atoms with Gasteiger partial charge in [-0.1, -0.05) is 12.1 Å². The van der Waals surface area contributed by atoms with Crippen molar-refractivity contribution in [3.63, 3.8) is 0 Å². The molecule has 2 unspecified atom stereocenters. The third-order valence-corrected chi connectivity index (χ3v) is 4.73. The SMILES string of the molecule is OC1CC(c2cccc(F)c2)N(c2cc(NCC3CC3)ncn2)C1. The van der Waals surface area contributed by atoms with Crippen molar-refractivity contribution in [2.75, 3.05) is 23.3 Å². The fourth-order valence-electron chi connectivity index (χ4n) is 3.27. The number of nitrogens with one attached hydrogen (secondary N) is 1. The molecule has 126 valence electrons. The van der Waals surface area contributed by atoms with Gasteiger partial charge >= 0.3 is 0 Å². The summed E-state index contributed by atoms with van der Waals surface area (Å²) in [4.78, 5) is 10.7.